The molecule has 1 aromatic carbocycles. The van der Waals surface area contributed by atoms with Gasteiger partial charge in [0.1, 0.15) is 0 Å². The van der Waals surface area contributed by atoms with Crippen LogP contribution in [-0.4, -0.2) is 24.9 Å². The van der Waals surface area contributed by atoms with E-state index >= 15 is 0 Å². The number of halogens is 1. The zero-order valence-corrected chi connectivity index (χ0v) is 13.3. The molecule has 5 nitrogen and oxygen atoms in total. The molecule has 4 N–H and O–H groups in total. The van der Waals surface area contributed by atoms with Crippen molar-refractivity contribution in [1.29, 1.82) is 0 Å². The maximum absolute atomic E-state index is 11.8. The van der Waals surface area contributed by atoms with Crippen molar-refractivity contribution in [3.05, 3.63) is 28.2 Å². The van der Waals surface area contributed by atoms with Gasteiger partial charge >= 0.3 is 0 Å². The molecule has 0 radical (unpaired) electrons. The first-order valence-corrected chi connectivity index (χ1v) is 7.29. The van der Waals surface area contributed by atoms with Gasteiger partial charge in [0.05, 0.1) is 0 Å². The second kappa shape index (κ2) is 7.89. The molecule has 110 valence electrons. The van der Waals surface area contributed by atoms with Crippen molar-refractivity contribution >= 4 is 33.4 Å². The van der Waals surface area contributed by atoms with E-state index in [2.05, 4.69) is 26.6 Å². The normalized spacial score (nSPS) is 10.4. The minimum atomic E-state index is -0.235. The van der Waals surface area contributed by atoms with Crippen LogP contribution >= 0.6 is 15.9 Å². The summed E-state index contributed by atoms with van der Waals surface area (Å²) in [5.41, 5.74) is 6.70. The van der Waals surface area contributed by atoms with Gasteiger partial charge in [0.2, 0.25) is 5.91 Å². The lowest BCUT2D eigenvalue weighted by Gasteiger charge is -2.09. The van der Waals surface area contributed by atoms with Crippen molar-refractivity contribution in [2.45, 2.75) is 20.3 Å². The first-order chi connectivity index (χ1) is 9.40. The molecule has 0 aliphatic carbocycles. The lowest BCUT2D eigenvalue weighted by atomic mass is 10.2. The first kappa shape index (κ1) is 16.5. The highest BCUT2D eigenvalue weighted by Gasteiger charge is 2.08. The predicted molar refractivity (Wildman–Crippen MR) is 83.4 cm³/mol. The van der Waals surface area contributed by atoms with Crippen molar-refractivity contribution < 1.29 is 9.59 Å². The van der Waals surface area contributed by atoms with Crippen molar-refractivity contribution in [2.75, 3.05) is 18.8 Å². The Kier molecular flexibility index (Phi) is 6.51. The minimum Gasteiger partial charge on any atom is -0.398 e. The maximum atomic E-state index is 11.8. The molecular weight excluding hydrogens is 322 g/mol. The van der Waals surface area contributed by atoms with Crippen LogP contribution in [0.2, 0.25) is 0 Å². The Balaban J connectivity index is 2.36. The number of hydrogen-bond acceptors (Lipinski definition) is 3. The summed E-state index contributed by atoms with van der Waals surface area (Å²) in [5.74, 6) is 0.120. The molecule has 0 unspecified atom stereocenters. The van der Waals surface area contributed by atoms with Gasteiger partial charge in [-0.25, -0.2) is 0 Å². The average molecular weight is 342 g/mol. The summed E-state index contributed by atoms with van der Waals surface area (Å²) < 4.78 is 0.752. The van der Waals surface area contributed by atoms with Crippen molar-refractivity contribution in [3.63, 3.8) is 0 Å². The molecule has 1 aromatic rings. The molecule has 0 spiro atoms. The molecule has 0 aliphatic rings. The summed E-state index contributed by atoms with van der Waals surface area (Å²) >= 11 is 3.27. The van der Waals surface area contributed by atoms with Gasteiger partial charge in [-0.1, -0.05) is 13.8 Å². The van der Waals surface area contributed by atoms with Crippen LogP contribution in [0.5, 0.6) is 0 Å². The van der Waals surface area contributed by atoms with Crippen LogP contribution < -0.4 is 16.4 Å². The van der Waals surface area contributed by atoms with E-state index < -0.39 is 0 Å². The Hall–Kier alpha value is -1.56. The van der Waals surface area contributed by atoms with Crippen LogP contribution in [0, 0.1) is 5.92 Å². The highest BCUT2D eigenvalue weighted by Crippen LogP contribution is 2.19. The number of anilines is 1. The number of amides is 2. The van der Waals surface area contributed by atoms with Crippen molar-refractivity contribution in [2.24, 2.45) is 5.92 Å². The van der Waals surface area contributed by atoms with Crippen LogP contribution in [0.25, 0.3) is 0 Å². The van der Waals surface area contributed by atoms with Crippen LogP contribution in [0.1, 0.15) is 30.6 Å². The Morgan fingerprint density at radius 3 is 2.60 bits per heavy atom. The molecule has 2 amide bonds. The molecular formula is C14H20BrN3O2. The number of carbonyl (C=O) groups is 2. The van der Waals surface area contributed by atoms with E-state index in [1.165, 1.54) is 0 Å². The molecule has 0 aromatic heterocycles. The second-order valence-corrected chi connectivity index (χ2v) is 5.79. The lowest BCUT2D eigenvalue weighted by molar-refractivity contribution is -0.121. The zero-order chi connectivity index (χ0) is 15.1. The van der Waals surface area contributed by atoms with Gasteiger partial charge in [0, 0.05) is 35.2 Å². The third-order valence-corrected chi connectivity index (χ3v) is 3.33. The van der Waals surface area contributed by atoms with E-state index in [1.807, 2.05) is 13.8 Å². The summed E-state index contributed by atoms with van der Waals surface area (Å²) in [6, 6.07) is 4.99. The molecule has 0 heterocycles. The zero-order valence-electron chi connectivity index (χ0n) is 11.7. The Morgan fingerprint density at radius 1 is 1.30 bits per heavy atom. The maximum Gasteiger partial charge on any atom is 0.251 e. The fourth-order valence-electron chi connectivity index (χ4n) is 1.48. The van der Waals surface area contributed by atoms with Crippen LogP contribution in [0.4, 0.5) is 5.69 Å². The standard InChI is InChI=1S/C14H20BrN3O2/c1-9(2)8-18-13(19)5-6-17-14(20)10-3-4-11(15)12(16)7-10/h3-4,7,9H,5-6,8,16H2,1-2H3,(H,17,20)(H,18,19). The molecule has 0 aliphatic heterocycles. The number of rotatable bonds is 6. The third-order valence-electron chi connectivity index (χ3n) is 2.60. The van der Waals surface area contributed by atoms with Gasteiger partial charge in [-0.2, -0.15) is 0 Å². The number of nitrogens with one attached hydrogen (secondary N) is 2. The average Bonchev–Trinajstić information content (AvgIpc) is 2.39. The van der Waals surface area contributed by atoms with Gasteiger partial charge in [-0.05, 0) is 40.0 Å². The second-order valence-electron chi connectivity index (χ2n) is 4.94. The van der Waals surface area contributed by atoms with Gasteiger partial charge in [0.25, 0.3) is 5.91 Å². The fraction of sp³-hybridized carbons (Fsp3) is 0.429. The molecule has 0 fully saturated rings. The molecule has 0 atom stereocenters. The van der Waals surface area contributed by atoms with E-state index in [9.17, 15) is 9.59 Å². The Bertz CT molecular complexity index is 489. The van der Waals surface area contributed by atoms with Crippen LogP contribution in [0.15, 0.2) is 22.7 Å². The molecule has 6 heteroatoms. The predicted octanol–water partition coefficient (Wildman–Crippen LogP) is 1.92. The summed E-state index contributed by atoms with van der Waals surface area (Å²) in [5, 5.41) is 5.49. The van der Waals surface area contributed by atoms with Gasteiger partial charge in [-0.15, -0.1) is 0 Å². The number of carbonyl (C=O) groups excluding carboxylic acids is 2. The Labute approximate surface area is 127 Å². The van der Waals surface area contributed by atoms with Gasteiger partial charge in [-0.3, -0.25) is 9.59 Å². The highest BCUT2D eigenvalue weighted by atomic mass is 79.9. The number of hydrogen-bond donors (Lipinski definition) is 3. The smallest absolute Gasteiger partial charge is 0.251 e. The van der Waals surface area contributed by atoms with E-state index in [4.69, 9.17) is 5.73 Å². The molecule has 1 rings (SSSR count). The number of nitrogens with two attached hydrogens (primary N) is 1. The van der Waals surface area contributed by atoms with Gasteiger partial charge in [0.15, 0.2) is 0 Å². The van der Waals surface area contributed by atoms with Crippen molar-refractivity contribution in [1.82, 2.24) is 10.6 Å². The largest absolute Gasteiger partial charge is 0.398 e. The number of nitrogen functional groups attached to an aromatic ring is 1. The van der Waals surface area contributed by atoms with Crippen LogP contribution in [-0.2, 0) is 4.79 Å². The monoisotopic (exact) mass is 341 g/mol. The van der Waals surface area contributed by atoms with E-state index in [-0.39, 0.29) is 18.2 Å². The SMILES string of the molecule is CC(C)CNC(=O)CCNC(=O)c1ccc(Br)c(N)c1. The van der Waals surface area contributed by atoms with E-state index in [1.54, 1.807) is 18.2 Å². The highest BCUT2D eigenvalue weighted by molar-refractivity contribution is 9.10. The fourth-order valence-corrected chi connectivity index (χ4v) is 1.73. The number of benzene rings is 1. The molecule has 20 heavy (non-hydrogen) atoms. The topological polar surface area (TPSA) is 84.2 Å². The summed E-state index contributed by atoms with van der Waals surface area (Å²) in [6.45, 7) is 5.01. The third kappa shape index (κ3) is 5.61. The summed E-state index contributed by atoms with van der Waals surface area (Å²) in [6.07, 6.45) is 0.268. The quantitative estimate of drug-likeness (QED) is 0.691. The molecule has 0 saturated heterocycles. The summed E-state index contributed by atoms with van der Waals surface area (Å²) in [4.78, 5) is 23.3. The van der Waals surface area contributed by atoms with Gasteiger partial charge < -0.3 is 16.4 Å². The minimum absolute atomic E-state index is 0.0608. The lowest BCUT2D eigenvalue weighted by Crippen LogP contribution is -2.32. The van der Waals surface area contributed by atoms with Crippen molar-refractivity contribution in [3.8, 4) is 0 Å². The first-order valence-electron chi connectivity index (χ1n) is 6.50. The molecule has 0 bridgehead atoms. The van der Waals surface area contributed by atoms with Crippen LogP contribution in [0.3, 0.4) is 0 Å². The van der Waals surface area contributed by atoms with E-state index in [0.717, 1.165) is 4.47 Å². The molecule has 0 saturated carbocycles. The summed E-state index contributed by atoms with van der Waals surface area (Å²) in [7, 11) is 0. The Morgan fingerprint density at radius 2 is 2.00 bits per heavy atom. The van der Waals surface area contributed by atoms with E-state index in [0.29, 0.717) is 30.3 Å².